The maximum Gasteiger partial charge on any atom is 0.254 e. The fourth-order valence-corrected chi connectivity index (χ4v) is 3.36. The van der Waals surface area contributed by atoms with Crippen LogP contribution >= 0.6 is 0 Å². The van der Waals surface area contributed by atoms with E-state index in [1.807, 2.05) is 42.3 Å². The smallest absolute Gasteiger partial charge is 0.254 e. The minimum atomic E-state index is -0.0545. The number of hydrogen-bond acceptors (Lipinski definition) is 3. The van der Waals surface area contributed by atoms with E-state index in [-0.39, 0.29) is 18.6 Å². The molecule has 0 saturated heterocycles. The van der Waals surface area contributed by atoms with E-state index in [1.165, 1.54) is 5.56 Å². The summed E-state index contributed by atoms with van der Waals surface area (Å²) in [5.41, 5.74) is 3.67. The Kier molecular flexibility index (Phi) is 4.72. The van der Waals surface area contributed by atoms with E-state index < -0.39 is 0 Å². The average molecular weight is 310 g/mol. The van der Waals surface area contributed by atoms with Crippen molar-refractivity contribution in [3.8, 4) is 0 Å². The van der Waals surface area contributed by atoms with Gasteiger partial charge in [-0.15, -0.1) is 0 Å². The first kappa shape index (κ1) is 15.7. The third-order valence-corrected chi connectivity index (χ3v) is 4.50. The number of fused-ring (bicyclic) bond motifs is 1. The molecule has 0 fully saturated rings. The second-order valence-corrected chi connectivity index (χ2v) is 5.91. The number of amides is 1. The lowest BCUT2D eigenvalue weighted by molar-refractivity contribution is 0.0665. The average Bonchev–Trinajstić information content (AvgIpc) is 2.62. The van der Waals surface area contributed by atoms with Gasteiger partial charge in [0.2, 0.25) is 0 Å². The van der Waals surface area contributed by atoms with Crippen LogP contribution in [0.15, 0.2) is 42.6 Å². The number of pyridine rings is 1. The second-order valence-electron chi connectivity index (χ2n) is 5.91. The quantitative estimate of drug-likeness (QED) is 0.944. The van der Waals surface area contributed by atoms with Gasteiger partial charge >= 0.3 is 0 Å². The Labute approximate surface area is 136 Å². The van der Waals surface area contributed by atoms with Gasteiger partial charge in [-0.05, 0) is 55.5 Å². The number of benzene rings is 1. The van der Waals surface area contributed by atoms with Gasteiger partial charge in [0.05, 0.1) is 18.3 Å². The summed E-state index contributed by atoms with van der Waals surface area (Å²) in [5, 5.41) is 9.28. The van der Waals surface area contributed by atoms with Gasteiger partial charge in [-0.3, -0.25) is 9.78 Å². The van der Waals surface area contributed by atoms with Crippen molar-refractivity contribution in [3.63, 3.8) is 0 Å². The molecular weight excluding hydrogens is 288 g/mol. The molecule has 23 heavy (non-hydrogen) atoms. The number of hydrogen-bond donors (Lipinski definition) is 1. The number of carbonyl (C=O) groups is 1. The summed E-state index contributed by atoms with van der Waals surface area (Å²) in [5.74, 6) is 0.00584. The van der Waals surface area contributed by atoms with E-state index in [0.717, 1.165) is 30.5 Å². The monoisotopic (exact) mass is 310 g/mol. The summed E-state index contributed by atoms with van der Waals surface area (Å²) >= 11 is 0. The van der Waals surface area contributed by atoms with E-state index >= 15 is 0 Å². The maximum atomic E-state index is 13.0. The number of aliphatic hydroxyl groups excluding tert-OH is 1. The number of nitrogens with zero attached hydrogens (tertiary/aromatic N) is 2. The Hall–Kier alpha value is -2.20. The highest BCUT2D eigenvalue weighted by Crippen LogP contribution is 2.33. The Balaban J connectivity index is 1.92. The van der Waals surface area contributed by atoms with Crippen molar-refractivity contribution in [3.05, 3.63) is 65.0 Å². The van der Waals surface area contributed by atoms with Gasteiger partial charge in [0.1, 0.15) is 0 Å². The molecule has 0 radical (unpaired) electrons. The molecule has 1 amide bonds. The number of aliphatic hydroxyl groups is 1. The van der Waals surface area contributed by atoms with Crippen LogP contribution in [0.25, 0.3) is 0 Å². The third kappa shape index (κ3) is 3.13. The Morgan fingerprint density at radius 2 is 2.22 bits per heavy atom. The molecule has 120 valence electrons. The van der Waals surface area contributed by atoms with Crippen LogP contribution in [-0.2, 0) is 13.0 Å². The summed E-state index contributed by atoms with van der Waals surface area (Å²) in [4.78, 5) is 19.4. The summed E-state index contributed by atoms with van der Waals surface area (Å²) in [6.45, 7) is 2.59. The summed E-state index contributed by atoms with van der Waals surface area (Å²) < 4.78 is 0. The van der Waals surface area contributed by atoms with E-state index in [2.05, 4.69) is 11.1 Å². The van der Waals surface area contributed by atoms with Crippen molar-refractivity contribution < 1.29 is 9.90 Å². The minimum Gasteiger partial charge on any atom is -0.392 e. The van der Waals surface area contributed by atoms with E-state index in [9.17, 15) is 9.90 Å². The lowest BCUT2D eigenvalue weighted by Gasteiger charge is -2.34. The first-order chi connectivity index (χ1) is 11.2. The predicted octanol–water partition coefficient (Wildman–Crippen LogP) is 3.11. The summed E-state index contributed by atoms with van der Waals surface area (Å²) in [7, 11) is 0. The van der Waals surface area contributed by atoms with Crippen LogP contribution in [0.5, 0.6) is 0 Å². The predicted molar refractivity (Wildman–Crippen MR) is 89.0 cm³/mol. The van der Waals surface area contributed by atoms with Gasteiger partial charge in [-0.2, -0.15) is 0 Å². The summed E-state index contributed by atoms with van der Waals surface area (Å²) in [6, 6.07) is 11.3. The van der Waals surface area contributed by atoms with Gasteiger partial charge in [0, 0.05) is 18.3 Å². The molecular formula is C19H22N2O2. The molecule has 0 spiro atoms. The van der Waals surface area contributed by atoms with Crippen molar-refractivity contribution >= 4 is 5.91 Å². The first-order valence-corrected chi connectivity index (χ1v) is 8.19. The highest BCUT2D eigenvalue weighted by molar-refractivity contribution is 5.94. The molecule has 1 aliphatic rings. The summed E-state index contributed by atoms with van der Waals surface area (Å²) in [6.07, 6.45) is 4.86. The highest BCUT2D eigenvalue weighted by Gasteiger charge is 2.29. The van der Waals surface area contributed by atoms with Crippen molar-refractivity contribution in [2.24, 2.45) is 0 Å². The van der Waals surface area contributed by atoms with Crippen molar-refractivity contribution in [1.82, 2.24) is 9.88 Å². The van der Waals surface area contributed by atoms with E-state index in [4.69, 9.17) is 0 Å². The molecule has 1 atom stereocenters. The largest absolute Gasteiger partial charge is 0.392 e. The normalized spacial score (nSPS) is 16.7. The molecule has 0 saturated carbocycles. The topological polar surface area (TPSA) is 53.4 Å². The van der Waals surface area contributed by atoms with Crippen molar-refractivity contribution in [1.29, 1.82) is 0 Å². The molecule has 1 aromatic carbocycles. The van der Waals surface area contributed by atoms with Crippen LogP contribution < -0.4 is 0 Å². The lowest BCUT2D eigenvalue weighted by atomic mass is 9.90. The van der Waals surface area contributed by atoms with Crippen LogP contribution in [0.3, 0.4) is 0 Å². The molecule has 3 rings (SSSR count). The molecule has 1 N–H and O–H groups in total. The fourth-order valence-electron chi connectivity index (χ4n) is 3.36. The minimum absolute atomic E-state index is 0.00584. The van der Waals surface area contributed by atoms with Gasteiger partial charge in [-0.25, -0.2) is 0 Å². The molecule has 4 heteroatoms. The molecule has 1 heterocycles. The zero-order valence-electron chi connectivity index (χ0n) is 13.4. The molecule has 0 aliphatic heterocycles. The van der Waals surface area contributed by atoms with Crippen LogP contribution in [0.1, 0.15) is 53.0 Å². The van der Waals surface area contributed by atoms with Crippen LogP contribution in [0, 0.1) is 0 Å². The second kappa shape index (κ2) is 6.92. The maximum absolute atomic E-state index is 13.0. The SMILES string of the molecule is CCN(C(=O)c1cccc(CO)c1)C1CCCc2cccnc21. The number of rotatable bonds is 4. The zero-order chi connectivity index (χ0) is 16.2. The number of aryl methyl sites for hydroxylation is 1. The first-order valence-electron chi connectivity index (χ1n) is 8.19. The van der Waals surface area contributed by atoms with Gasteiger partial charge < -0.3 is 10.0 Å². The molecule has 2 aromatic rings. The standard InChI is InChI=1S/C19H22N2O2/c1-2-21(19(23)16-8-3-6-14(12-16)13-22)17-10-4-7-15-9-5-11-20-18(15)17/h3,5-6,8-9,11-12,17,22H,2,4,7,10,13H2,1H3. The van der Waals surface area contributed by atoms with Crippen molar-refractivity contribution in [2.45, 2.75) is 38.8 Å². The molecule has 1 aromatic heterocycles. The Morgan fingerprint density at radius 1 is 1.35 bits per heavy atom. The Bertz CT molecular complexity index is 699. The molecule has 4 nitrogen and oxygen atoms in total. The Morgan fingerprint density at radius 3 is 3.00 bits per heavy atom. The molecule has 1 aliphatic carbocycles. The van der Waals surface area contributed by atoms with E-state index in [0.29, 0.717) is 12.1 Å². The zero-order valence-corrected chi connectivity index (χ0v) is 13.4. The fraction of sp³-hybridized carbons (Fsp3) is 0.368. The van der Waals surface area contributed by atoms with Gasteiger partial charge in [-0.1, -0.05) is 18.2 Å². The molecule has 1 unspecified atom stereocenters. The van der Waals surface area contributed by atoms with Crippen LogP contribution in [-0.4, -0.2) is 27.4 Å². The van der Waals surface area contributed by atoms with Crippen LogP contribution in [0.2, 0.25) is 0 Å². The van der Waals surface area contributed by atoms with Gasteiger partial charge in [0.15, 0.2) is 0 Å². The molecule has 0 bridgehead atoms. The van der Waals surface area contributed by atoms with Crippen molar-refractivity contribution in [2.75, 3.05) is 6.54 Å². The third-order valence-electron chi connectivity index (χ3n) is 4.50. The number of carbonyl (C=O) groups excluding carboxylic acids is 1. The lowest BCUT2D eigenvalue weighted by Crippen LogP contribution is -2.37. The van der Waals surface area contributed by atoms with Crippen LogP contribution in [0.4, 0.5) is 0 Å². The van der Waals surface area contributed by atoms with E-state index in [1.54, 1.807) is 6.07 Å². The number of aromatic nitrogens is 1. The highest BCUT2D eigenvalue weighted by atomic mass is 16.3. The van der Waals surface area contributed by atoms with Gasteiger partial charge in [0.25, 0.3) is 5.91 Å².